The fourth-order valence-corrected chi connectivity index (χ4v) is 1.72. The topological polar surface area (TPSA) is 255 Å². The van der Waals surface area contributed by atoms with E-state index in [1.54, 1.807) is 0 Å². The number of carbonyl (C=O) groups is 6. The number of aliphatic hydroxyl groups is 3. The number of aliphatic carboxylic acids is 1. The summed E-state index contributed by atoms with van der Waals surface area (Å²) in [6.45, 7) is 17.3. The van der Waals surface area contributed by atoms with Crippen LogP contribution in [0.3, 0.4) is 0 Å². The van der Waals surface area contributed by atoms with Crippen molar-refractivity contribution in [2.45, 2.75) is 36.8 Å². The Kier molecular flexibility index (Phi) is 50.8. The third-order valence-corrected chi connectivity index (χ3v) is 4.21. The Morgan fingerprint density at radius 3 is 1.16 bits per heavy atom. The predicted molar refractivity (Wildman–Crippen MR) is 149 cm³/mol. The second-order valence-electron chi connectivity index (χ2n) is 8.40. The molecule has 2 atom stereocenters. The van der Waals surface area contributed by atoms with Crippen molar-refractivity contribution in [3.05, 3.63) is 50.6 Å². The predicted octanol–water partition coefficient (Wildman–Crippen LogP) is -0.684. The van der Waals surface area contributed by atoms with E-state index in [9.17, 15) is 55.1 Å². The minimum atomic E-state index is -5.36. The molecule has 17 nitrogen and oxygen atoms in total. The van der Waals surface area contributed by atoms with Crippen molar-refractivity contribution in [3.8, 4) is 0 Å². The number of alkyl halides is 6. The summed E-state index contributed by atoms with van der Waals surface area (Å²) in [5.74, 6) is -9.04. The number of aliphatic hydroxyl groups excluding tert-OH is 3. The maximum absolute atomic E-state index is 11.9. The molecule has 27 heteroatoms. The van der Waals surface area contributed by atoms with Gasteiger partial charge in [0.05, 0.1) is 39.6 Å². The first-order valence-electron chi connectivity index (χ1n) is 13.2. The summed E-state index contributed by atoms with van der Waals surface area (Å²) in [6, 6.07) is 0. The summed E-state index contributed by atoms with van der Waals surface area (Å²) in [5, 5.41) is 32.4. The molecular weight excluding hydrogens is 1080 g/mol. The molecule has 0 bridgehead atoms. The standard InChI is InChI=1S/C10H7F6O6.C6H9O4.C6H7O3.C3H6O2.C3H3O2.4Y/c1-2-6(17)22-5(3-20-7(18)9(11,12)13)4-21-8(19)10(14,15)16;1-2-6(9)10-5(3-7)4-8;1-2-6(7)9-4-5-3-8-5;4-1-3-2-5-3;1-2-3(4)5;;;;/h1-2,5H,3-4H2;1-2,5,7-8H,3-4H2;1-2,5H,3-4H2;3-4H,1-2H2;1-2H,(H,4,5);;;;/q3*-1;;-1;;;;. The minimum absolute atomic E-state index is 0. The first-order valence-corrected chi connectivity index (χ1v) is 13.2. The summed E-state index contributed by atoms with van der Waals surface area (Å²) in [6.07, 6.45) is -10.7. The number of esters is 5. The van der Waals surface area contributed by atoms with Gasteiger partial charge in [0.15, 0.2) is 23.9 Å². The number of carboxylic acid groups (broad SMARTS) is 1. The second kappa shape index (κ2) is 40.4. The van der Waals surface area contributed by atoms with Crippen LogP contribution in [0, 0.1) is 26.3 Å². The maximum atomic E-state index is 11.9. The Bertz CT molecular complexity index is 1120. The zero-order valence-corrected chi connectivity index (χ0v) is 39.6. The van der Waals surface area contributed by atoms with Gasteiger partial charge in [-0.2, -0.15) is 50.6 Å². The molecular formula is C28H32F6O17Y4-4. The van der Waals surface area contributed by atoms with E-state index in [-0.39, 0.29) is 150 Å². The average molecular weight is 1110 g/mol. The van der Waals surface area contributed by atoms with Gasteiger partial charge in [-0.3, -0.25) is 26.3 Å². The summed E-state index contributed by atoms with van der Waals surface area (Å²) in [5.41, 5.74) is 0. The number of halogens is 6. The fraction of sp³-hybridized carbons (Fsp3) is 0.500. The molecule has 4 N–H and O–H groups in total. The van der Waals surface area contributed by atoms with Crippen LogP contribution < -0.4 is 0 Å². The van der Waals surface area contributed by atoms with Gasteiger partial charge in [-0.25, -0.2) is 9.59 Å². The molecule has 0 aromatic heterocycles. The smallest absolute Gasteiger partial charge is 0.490 e. The van der Waals surface area contributed by atoms with Crippen LogP contribution in [-0.4, -0.2) is 146 Å². The Hall–Kier alpha value is -0.424. The van der Waals surface area contributed by atoms with Gasteiger partial charge in [0.25, 0.3) is 0 Å². The molecule has 55 heavy (non-hydrogen) atoms. The number of ether oxygens (including phenoxy) is 7. The first-order chi connectivity index (χ1) is 23.6. The molecule has 2 aliphatic heterocycles. The average Bonchev–Trinajstić information content (AvgIpc) is 4.02. The van der Waals surface area contributed by atoms with Gasteiger partial charge in [-0.05, 0) is 0 Å². The normalized spacial score (nSPS) is 13.9. The van der Waals surface area contributed by atoms with Crippen LogP contribution >= 0.6 is 0 Å². The molecule has 2 saturated heterocycles. The van der Waals surface area contributed by atoms with Crippen molar-refractivity contribution < 1.29 is 240 Å². The van der Waals surface area contributed by atoms with E-state index in [1.165, 1.54) is 0 Å². The van der Waals surface area contributed by atoms with E-state index in [2.05, 4.69) is 35.0 Å². The van der Waals surface area contributed by atoms with Crippen molar-refractivity contribution in [2.75, 3.05) is 52.9 Å². The van der Waals surface area contributed by atoms with Crippen LogP contribution in [0.4, 0.5) is 26.3 Å². The molecule has 0 saturated carbocycles. The third kappa shape index (κ3) is 47.8. The molecule has 0 aliphatic carbocycles. The van der Waals surface area contributed by atoms with Crippen molar-refractivity contribution >= 4 is 35.8 Å². The van der Waals surface area contributed by atoms with Crippen LogP contribution in [0.1, 0.15) is 0 Å². The van der Waals surface area contributed by atoms with E-state index in [1.807, 2.05) is 0 Å². The maximum Gasteiger partial charge on any atom is 0.490 e. The molecule has 4 radical (unpaired) electrons. The number of carboxylic acids is 1. The number of rotatable bonds is 15. The summed E-state index contributed by atoms with van der Waals surface area (Å²) < 4.78 is 101. The molecule has 2 aliphatic rings. The van der Waals surface area contributed by atoms with Gasteiger partial charge in [0.2, 0.25) is 0 Å². The number of hydrogen-bond donors (Lipinski definition) is 4. The van der Waals surface area contributed by atoms with Crippen molar-refractivity contribution in [2.24, 2.45) is 0 Å². The Balaban J connectivity index is -0.000000116. The van der Waals surface area contributed by atoms with Crippen LogP contribution in [0.15, 0.2) is 24.3 Å². The van der Waals surface area contributed by atoms with Crippen molar-refractivity contribution in [1.29, 1.82) is 0 Å². The van der Waals surface area contributed by atoms with E-state index in [4.69, 9.17) is 44.9 Å². The number of hydrogen-bond acceptors (Lipinski definition) is 16. The molecule has 2 rings (SSSR count). The molecule has 304 valence electrons. The van der Waals surface area contributed by atoms with Gasteiger partial charge >= 0.3 is 24.3 Å². The van der Waals surface area contributed by atoms with Crippen molar-refractivity contribution in [3.63, 3.8) is 0 Å². The van der Waals surface area contributed by atoms with Gasteiger partial charge < -0.3 is 72.8 Å². The molecule has 0 spiro atoms. The van der Waals surface area contributed by atoms with Gasteiger partial charge in [0.1, 0.15) is 37.6 Å². The fourth-order valence-electron chi connectivity index (χ4n) is 1.72. The monoisotopic (exact) mass is 1110 g/mol. The SMILES string of the molecule is OCC1CO1.[CH-]=CC(=O)O.[CH-]=CC(=O)OC(CO)CO.[CH-]=CC(=O)OC(COC(=O)C(F)(F)F)COC(=O)C(F)(F)F.[CH-]=CC(=O)OCC1CO1.[Y].[Y].[Y].[Y]. The van der Waals surface area contributed by atoms with E-state index in [0.717, 1.165) is 18.8 Å². The van der Waals surface area contributed by atoms with E-state index in [0.29, 0.717) is 25.4 Å². The molecule has 2 fully saturated rings. The zero-order valence-electron chi connectivity index (χ0n) is 28.3. The molecule has 2 heterocycles. The first kappa shape index (κ1) is 69.2. The quantitative estimate of drug-likeness (QED) is 0.0396. The van der Waals surface area contributed by atoms with Crippen LogP contribution in [-0.2, 0) is 193 Å². The van der Waals surface area contributed by atoms with E-state index < -0.39 is 86.8 Å². The molecule has 2 unspecified atom stereocenters. The second-order valence-corrected chi connectivity index (χ2v) is 8.40. The summed E-state index contributed by atoms with van der Waals surface area (Å²) in [4.78, 5) is 61.4. The molecule has 0 aromatic rings. The van der Waals surface area contributed by atoms with Gasteiger partial charge in [0, 0.05) is 131 Å². The number of carbonyl (C=O) groups excluding carboxylic acids is 5. The largest absolute Gasteiger partial charge is 0.562 e. The van der Waals surface area contributed by atoms with Gasteiger partial charge in [-0.1, -0.05) is 0 Å². The van der Waals surface area contributed by atoms with Crippen molar-refractivity contribution in [1.82, 2.24) is 0 Å². The third-order valence-electron chi connectivity index (χ3n) is 4.21. The van der Waals surface area contributed by atoms with Crippen LogP contribution in [0.25, 0.3) is 0 Å². The Morgan fingerprint density at radius 2 is 0.945 bits per heavy atom. The minimum Gasteiger partial charge on any atom is -0.562 e. The Morgan fingerprint density at radius 1 is 0.618 bits per heavy atom. The summed E-state index contributed by atoms with van der Waals surface area (Å²) >= 11 is 0. The molecule has 0 aromatic carbocycles. The summed E-state index contributed by atoms with van der Waals surface area (Å²) in [7, 11) is 0. The van der Waals surface area contributed by atoms with Crippen LogP contribution in [0.2, 0.25) is 0 Å². The zero-order chi connectivity index (χ0) is 40.2. The molecule has 0 amide bonds. The van der Waals surface area contributed by atoms with E-state index >= 15 is 0 Å². The van der Waals surface area contributed by atoms with Crippen LogP contribution in [0.5, 0.6) is 0 Å². The number of epoxide rings is 2. The van der Waals surface area contributed by atoms with Gasteiger partial charge in [-0.15, -0.1) is 0 Å². The Labute approximate surface area is 410 Å².